The van der Waals surface area contributed by atoms with Crippen molar-refractivity contribution >= 4 is 34.1 Å². The number of halogens is 1. The molecule has 0 aliphatic carbocycles. The molecule has 5 heteroatoms. The van der Waals surface area contributed by atoms with Crippen molar-refractivity contribution in [2.45, 2.75) is 0 Å². The van der Waals surface area contributed by atoms with Crippen molar-refractivity contribution in [1.29, 1.82) is 5.26 Å². The van der Waals surface area contributed by atoms with Crippen molar-refractivity contribution in [3.8, 4) is 11.8 Å². The van der Waals surface area contributed by atoms with Gasteiger partial charge in [-0.25, -0.2) is 4.79 Å². The molecule has 76 valence electrons. The number of aromatic hydroxyl groups is 1. The second-order valence-electron chi connectivity index (χ2n) is 2.67. The molecule has 0 aliphatic rings. The molecule has 15 heavy (non-hydrogen) atoms. The third kappa shape index (κ3) is 2.95. The van der Waals surface area contributed by atoms with Crippen LogP contribution in [-0.2, 0) is 4.79 Å². The number of hydrogen-bond donors (Lipinski definition) is 2. The van der Waals surface area contributed by atoms with Crippen molar-refractivity contribution in [3.05, 3.63) is 33.4 Å². The lowest BCUT2D eigenvalue weighted by atomic mass is 10.1. The standard InChI is InChI=1S/C10H6INO3/c11-8-3-6(1-2-9(8)13)7(5-12)4-10(14)15/h1-4,13H,(H,14,15). The Morgan fingerprint density at radius 3 is 2.67 bits per heavy atom. The molecule has 2 N–H and O–H groups in total. The van der Waals surface area contributed by atoms with Gasteiger partial charge in [0.15, 0.2) is 0 Å². The van der Waals surface area contributed by atoms with Crippen LogP contribution < -0.4 is 0 Å². The fourth-order valence-corrected chi connectivity index (χ4v) is 1.49. The Balaban J connectivity index is 3.21. The number of carboxylic acid groups (broad SMARTS) is 1. The molecule has 0 atom stereocenters. The van der Waals surface area contributed by atoms with E-state index in [-0.39, 0.29) is 11.3 Å². The SMILES string of the molecule is N#CC(=CC(=O)O)c1ccc(O)c(I)c1. The number of hydrogen-bond acceptors (Lipinski definition) is 3. The molecule has 1 rings (SSSR count). The second-order valence-corrected chi connectivity index (χ2v) is 3.84. The summed E-state index contributed by atoms with van der Waals surface area (Å²) in [5.41, 5.74) is 0.530. The first kappa shape index (κ1) is 11.5. The zero-order chi connectivity index (χ0) is 11.4. The van der Waals surface area contributed by atoms with Gasteiger partial charge in [0.2, 0.25) is 0 Å². The molecule has 0 heterocycles. The van der Waals surface area contributed by atoms with Gasteiger partial charge < -0.3 is 10.2 Å². The van der Waals surface area contributed by atoms with Crippen molar-refractivity contribution < 1.29 is 15.0 Å². The van der Waals surface area contributed by atoms with Crippen LogP contribution in [0.2, 0.25) is 0 Å². The van der Waals surface area contributed by atoms with Gasteiger partial charge in [0, 0.05) is 6.08 Å². The molecule has 0 radical (unpaired) electrons. The van der Waals surface area contributed by atoms with Crippen molar-refractivity contribution in [1.82, 2.24) is 0 Å². The van der Waals surface area contributed by atoms with Gasteiger partial charge >= 0.3 is 5.97 Å². The average Bonchev–Trinajstić information content (AvgIpc) is 2.18. The lowest BCUT2D eigenvalue weighted by Gasteiger charge is -2.00. The van der Waals surface area contributed by atoms with E-state index in [2.05, 4.69) is 0 Å². The fraction of sp³-hybridized carbons (Fsp3) is 0. The van der Waals surface area contributed by atoms with Crippen molar-refractivity contribution in [2.75, 3.05) is 0 Å². The number of rotatable bonds is 2. The topological polar surface area (TPSA) is 81.3 Å². The summed E-state index contributed by atoms with van der Waals surface area (Å²) >= 11 is 1.90. The number of phenols is 1. The lowest BCUT2D eigenvalue weighted by Crippen LogP contribution is -1.91. The minimum Gasteiger partial charge on any atom is -0.507 e. The van der Waals surface area contributed by atoms with Gasteiger partial charge in [-0.2, -0.15) is 5.26 Å². The summed E-state index contributed by atoms with van der Waals surface area (Å²) in [5, 5.41) is 26.5. The van der Waals surface area contributed by atoms with Gasteiger partial charge in [-0.1, -0.05) is 0 Å². The maximum absolute atomic E-state index is 10.4. The molecule has 1 aromatic rings. The summed E-state index contributed by atoms with van der Waals surface area (Å²) in [4.78, 5) is 10.4. The molecule has 0 amide bonds. The van der Waals surface area contributed by atoms with Crippen LogP contribution in [0.4, 0.5) is 0 Å². The van der Waals surface area contributed by atoms with Crippen LogP contribution in [0.1, 0.15) is 5.56 Å². The largest absolute Gasteiger partial charge is 0.507 e. The molecule has 4 nitrogen and oxygen atoms in total. The lowest BCUT2D eigenvalue weighted by molar-refractivity contribution is -0.131. The molecule has 0 aromatic heterocycles. The van der Waals surface area contributed by atoms with Crippen LogP contribution >= 0.6 is 22.6 Å². The number of nitrogens with zero attached hydrogens (tertiary/aromatic N) is 1. The number of carboxylic acids is 1. The minimum atomic E-state index is -1.17. The smallest absolute Gasteiger partial charge is 0.329 e. The number of allylic oxidation sites excluding steroid dienone is 1. The van der Waals surface area contributed by atoms with E-state index in [4.69, 9.17) is 10.4 Å². The highest BCUT2D eigenvalue weighted by molar-refractivity contribution is 14.1. The molecule has 0 bridgehead atoms. The Kier molecular flexibility index (Phi) is 3.68. The van der Waals surface area contributed by atoms with Crippen LogP contribution in [0.15, 0.2) is 24.3 Å². The zero-order valence-corrected chi connectivity index (χ0v) is 9.59. The molecule has 0 unspecified atom stereocenters. The second kappa shape index (κ2) is 4.79. The van der Waals surface area contributed by atoms with E-state index in [0.717, 1.165) is 6.08 Å². The van der Waals surface area contributed by atoms with Crippen LogP contribution in [0.5, 0.6) is 5.75 Å². The van der Waals surface area contributed by atoms with E-state index in [0.29, 0.717) is 9.13 Å². The number of nitriles is 1. The first-order valence-electron chi connectivity index (χ1n) is 3.88. The Bertz CT molecular complexity index is 474. The van der Waals surface area contributed by atoms with Crippen molar-refractivity contribution in [3.63, 3.8) is 0 Å². The molecule has 1 aromatic carbocycles. The molecule has 0 saturated heterocycles. The maximum atomic E-state index is 10.4. The monoisotopic (exact) mass is 315 g/mol. The quantitative estimate of drug-likeness (QED) is 0.497. The highest BCUT2D eigenvalue weighted by atomic mass is 127. The van der Waals surface area contributed by atoms with E-state index >= 15 is 0 Å². The van der Waals surface area contributed by atoms with Gasteiger partial charge in [0.25, 0.3) is 0 Å². The first-order chi connectivity index (χ1) is 7.04. The number of benzene rings is 1. The Morgan fingerprint density at radius 2 is 2.20 bits per heavy atom. The third-order valence-corrected chi connectivity index (χ3v) is 2.51. The first-order valence-corrected chi connectivity index (χ1v) is 4.96. The summed E-state index contributed by atoms with van der Waals surface area (Å²) in [5.74, 6) is -1.07. The normalized spacial score (nSPS) is 10.8. The molecular weight excluding hydrogens is 309 g/mol. The summed E-state index contributed by atoms with van der Waals surface area (Å²) in [7, 11) is 0. The predicted octanol–water partition coefficient (Wildman–Crippen LogP) is 1.99. The molecule has 0 saturated carbocycles. The predicted molar refractivity (Wildman–Crippen MR) is 62.0 cm³/mol. The molecular formula is C10H6INO3. The summed E-state index contributed by atoms with van der Waals surface area (Å²) in [6.45, 7) is 0. The van der Waals surface area contributed by atoms with Crippen LogP contribution in [0.3, 0.4) is 0 Å². The van der Waals surface area contributed by atoms with E-state index in [1.807, 2.05) is 22.6 Å². The number of carbonyl (C=O) groups is 1. The van der Waals surface area contributed by atoms with Crippen LogP contribution in [0.25, 0.3) is 5.57 Å². The average molecular weight is 315 g/mol. The van der Waals surface area contributed by atoms with Gasteiger partial charge in [0.1, 0.15) is 11.8 Å². The van der Waals surface area contributed by atoms with Crippen LogP contribution in [-0.4, -0.2) is 16.2 Å². The summed E-state index contributed by atoms with van der Waals surface area (Å²) in [6.07, 6.45) is 0.836. The Morgan fingerprint density at radius 1 is 1.53 bits per heavy atom. The van der Waals surface area contributed by atoms with E-state index in [1.165, 1.54) is 12.1 Å². The summed E-state index contributed by atoms with van der Waals surface area (Å²) < 4.78 is 0.566. The Labute approximate surface area is 99.6 Å². The zero-order valence-electron chi connectivity index (χ0n) is 7.44. The van der Waals surface area contributed by atoms with E-state index in [1.54, 1.807) is 12.1 Å². The van der Waals surface area contributed by atoms with Gasteiger partial charge in [-0.15, -0.1) is 0 Å². The third-order valence-electron chi connectivity index (χ3n) is 1.65. The van der Waals surface area contributed by atoms with E-state index in [9.17, 15) is 9.90 Å². The molecule has 0 fully saturated rings. The van der Waals surface area contributed by atoms with E-state index < -0.39 is 5.97 Å². The fourth-order valence-electron chi connectivity index (χ4n) is 0.978. The highest BCUT2D eigenvalue weighted by Crippen LogP contribution is 2.23. The number of aliphatic carboxylic acids is 1. The number of phenolic OH excluding ortho intramolecular Hbond substituents is 1. The molecule has 0 spiro atoms. The van der Waals surface area contributed by atoms with Crippen LogP contribution in [0, 0.1) is 14.9 Å². The molecule has 0 aliphatic heterocycles. The van der Waals surface area contributed by atoms with Gasteiger partial charge in [-0.05, 0) is 46.4 Å². The maximum Gasteiger partial charge on any atom is 0.329 e. The Hall–Kier alpha value is -1.55. The highest BCUT2D eigenvalue weighted by Gasteiger charge is 2.05. The summed E-state index contributed by atoms with van der Waals surface area (Å²) in [6, 6.07) is 6.26. The van der Waals surface area contributed by atoms with Gasteiger partial charge in [-0.3, -0.25) is 0 Å². The van der Waals surface area contributed by atoms with Crippen molar-refractivity contribution in [2.24, 2.45) is 0 Å². The minimum absolute atomic E-state index is 0.0559. The van der Waals surface area contributed by atoms with Gasteiger partial charge in [0.05, 0.1) is 9.14 Å².